The Morgan fingerprint density at radius 2 is 2.09 bits per heavy atom. The highest BCUT2D eigenvalue weighted by Crippen LogP contribution is 2.27. The number of non-ortho nitro benzene ring substituents is 1. The van der Waals surface area contributed by atoms with Crippen molar-refractivity contribution in [2.45, 2.75) is 6.54 Å². The highest BCUT2D eigenvalue weighted by Gasteiger charge is 2.11. The molecule has 22 heavy (non-hydrogen) atoms. The Kier molecular flexibility index (Phi) is 3.68. The SMILES string of the molecule is Cn1c(CNc2ccc([N+](=O)[O-])cc2Cl)nc2ccccc21. The first-order valence-electron chi connectivity index (χ1n) is 6.64. The molecular formula is C15H13ClN4O2. The van der Waals surface area contributed by atoms with E-state index in [1.165, 1.54) is 12.1 Å². The standard InChI is InChI=1S/C15H13ClN4O2/c1-19-14-5-3-2-4-13(14)18-15(19)9-17-12-7-6-10(20(21)22)8-11(12)16/h2-8,17H,9H2,1H3. The van der Waals surface area contributed by atoms with Crippen LogP contribution in [0.25, 0.3) is 11.0 Å². The van der Waals surface area contributed by atoms with Crippen LogP contribution in [0.5, 0.6) is 0 Å². The second-order valence-electron chi connectivity index (χ2n) is 4.85. The molecule has 0 radical (unpaired) electrons. The van der Waals surface area contributed by atoms with E-state index in [1.807, 2.05) is 35.9 Å². The topological polar surface area (TPSA) is 73.0 Å². The van der Waals surface area contributed by atoms with Gasteiger partial charge in [0, 0.05) is 19.2 Å². The number of nitro benzene ring substituents is 1. The third-order valence-corrected chi connectivity index (χ3v) is 3.79. The van der Waals surface area contributed by atoms with Crippen molar-refractivity contribution >= 4 is 34.0 Å². The van der Waals surface area contributed by atoms with Gasteiger partial charge in [0.2, 0.25) is 0 Å². The number of nitro groups is 1. The first-order chi connectivity index (χ1) is 10.6. The molecular weight excluding hydrogens is 304 g/mol. The molecule has 7 heteroatoms. The number of aromatic nitrogens is 2. The molecule has 0 atom stereocenters. The van der Waals surface area contributed by atoms with Crippen LogP contribution >= 0.6 is 11.6 Å². The van der Waals surface area contributed by atoms with Gasteiger partial charge in [-0.1, -0.05) is 23.7 Å². The lowest BCUT2D eigenvalue weighted by Gasteiger charge is -2.08. The minimum Gasteiger partial charge on any atom is -0.377 e. The van der Waals surface area contributed by atoms with E-state index in [0.29, 0.717) is 17.3 Å². The van der Waals surface area contributed by atoms with E-state index >= 15 is 0 Å². The summed E-state index contributed by atoms with van der Waals surface area (Å²) in [7, 11) is 1.95. The molecule has 112 valence electrons. The third-order valence-electron chi connectivity index (χ3n) is 3.48. The number of hydrogen-bond donors (Lipinski definition) is 1. The Hall–Kier alpha value is -2.60. The average Bonchev–Trinajstić information content (AvgIpc) is 2.83. The molecule has 0 spiro atoms. The van der Waals surface area contributed by atoms with Crippen LogP contribution in [0.15, 0.2) is 42.5 Å². The molecule has 0 bridgehead atoms. The molecule has 0 amide bonds. The molecule has 6 nitrogen and oxygen atoms in total. The summed E-state index contributed by atoms with van der Waals surface area (Å²) in [6.07, 6.45) is 0. The van der Waals surface area contributed by atoms with E-state index in [9.17, 15) is 10.1 Å². The zero-order chi connectivity index (χ0) is 15.7. The molecule has 1 heterocycles. The fourth-order valence-corrected chi connectivity index (χ4v) is 2.53. The van der Waals surface area contributed by atoms with Gasteiger partial charge in [0.05, 0.1) is 33.2 Å². The molecule has 1 aromatic heterocycles. The van der Waals surface area contributed by atoms with Crippen LogP contribution in [0.3, 0.4) is 0 Å². The number of aryl methyl sites for hydroxylation is 1. The lowest BCUT2D eigenvalue weighted by molar-refractivity contribution is -0.384. The van der Waals surface area contributed by atoms with E-state index in [-0.39, 0.29) is 5.69 Å². The zero-order valence-electron chi connectivity index (χ0n) is 11.8. The van der Waals surface area contributed by atoms with Crippen molar-refractivity contribution in [3.8, 4) is 0 Å². The zero-order valence-corrected chi connectivity index (χ0v) is 12.5. The van der Waals surface area contributed by atoms with Crippen molar-refractivity contribution in [2.24, 2.45) is 7.05 Å². The number of rotatable bonds is 4. The van der Waals surface area contributed by atoms with Gasteiger partial charge in [-0.15, -0.1) is 0 Å². The number of nitrogens with zero attached hydrogens (tertiary/aromatic N) is 3. The normalized spacial score (nSPS) is 10.8. The number of halogens is 1. The minimum atomic E-state index is -0.471. The maximum absolute atomic E-state index is 10.7. The number of imidazole rings is 1. The Bertz CT molecular complexity index is 860. The van der Waals surface area contributed by atoms with Gasteiger partial charge in [-0.3, -0.25) is 10.1 Å². The predicted octanol–water partition coefficient (Wildman–Crippen LogP) is 3.75. The molecule has 1 N–H and O–H groups in total. The Balaban J connectivity index is 1.82. The van der Waals surface area contributed by atoms with E-state index in [4.69, 9.17) is 11.6 Å². The summed E-state index contributed by atoms with van der Waals surface area (Å²) in [5, 5.41) is 14.2. The summed E-state index contributed by atoms with van der Waals surface area (Å²) in [5.41, 5.74) is 2.59. The second kappa shape index (κ2) is 5.65. The van der Waals surface area contributed by atoms with Crippen LogP contribution in [0.4, 0.5) is 11.4 Å². The molecule has 0 aliphatic carbocycles. The van der Waals surface area contributed by atoms with Gasteiger partial charge >= 0.3 is 0 Å². The van der Waals surface area contributed by atoms with Crippen molar-refractivity contribution in [1.29, 1.82) is 0 Å². The van der Waals surface area contributed by atoms with Crippen LogP contribution in [-0.4, -0.2) is 14.5 Å². The molecule has 0 fully saturated rings. The van der Waals surface area contributed by atoms with Crippen LogP contribution < -0.4 is 5.32 Å². The number of fused-ring (bicyclic) bond motifs is 1. The van der Waals surface area contributed by atoms with Gasteiger partial charge in [0.1, 0.15) is 5.82 Å². The monoisotopic (exact) mass is 316 g/mol. The van der Waals surface area contributed by atoms with Gasteiger partial charge in [-0.25, -0.2) is 4.98 Å². The molecule has 0 saturated carbocycles. The molecule has 0 saturated heterocycles. The minimum absolute atomic E-state index is 0.0294. The maximum Gasteiger partial charge on any atom is 0.271 e. The van der Waals surface area contributed by atoms with Gasteiger partial charge in [0.15, 0.2) is 0 Å². The Morgan fingerprint density at radius 1 is 1.32 bits per heavy atom. The third kappa shape index (κ3) is 2.60. The quantitative estimate of drug-likeness (QED) is 0.587. The van der Waals surface area contributed by atoms with Crippen LogP contribution in [0.2, 0.25) is 5.02 Å². The van der Waals surface area contributed by atoms with E-state index in [2.05, 4.69) is 10.3 Å². The van der Waals surface area contributed by atoms with Gasteiger partial charge in [-0.2, -0.15) is 0 Å². The van der Waals surface area contributed by atoms with Crippen LogP contribution in [-0.2, 0) is 13.6 Å². The van der Waals surface area contributed by atoms with Crippen LogP contribution in [0, 0.1) is 10.1 Å². The number of para-hydroxylation sites is 2. The van der Waals surface area contributed by atoms with E-state index in [0.717, 1.165) is 16.9 Å². The van der Waals surface area contributed by atoms with Crippen LogP contribution in [0.1, 0.15) is 5.82 Å². The number of anilines is 1. The van der Waals surface area contributed by atoms with Crippen molar-refractivity contribution in [3.05, 3.63) is 63.4 Å². The lowest BCUT2D eigenvalue weighted by Crippen LogP contribution is -2.06. The highest BCUT2D eigenvalue weighted by atomic mass is 35.5. The molecule has 0 unspecified atom stereocenters. The second-order valence-corrected chi connectivity index (χ2v) is 5.26. The molecule has 3 aromatic rings. The van der Waals surface area contributed by atoms with Gasteiger partial charge < -0.3 is 9.88 Å². The van der Waals surface area contributed by atoms with Crippen molar-refractivity contribution in [2.75, 3.05) is 5.32 Å². The van der Waals surface area contributed by atoms with Crippen molar-refractivity contribution in [1.82, 2.24) is 9.55 Å². The molecule has 0 aliphatic rings. The molecule has 2 aromatic carbocycles. The predicted molar refractivity (Wildman–Crippen MR) is 86.1 cm³/mol. The summed E-state index contributed by atoms with van der Waals surface area (Å²) in [5.74, 6) is 0.857. The summed E-state index contributed by atoms with van der Waals surface area (Å²) in [6, 6.07) is 12.2. The largest absolute Gasteiger partial charge is 0.377 e. The summed E-state index contributed by atoms with van der Waals surface area (Å²) in [6.45, 7) is 0.475. The smallest absolute Gasteiger partial charge is 0.271 e. The average molecular weight is 317 g/mol. The summed E-state index contributed by atoms with van der Waals surface area (Å²) < 4.78 is 2.00. The van der Waals surface area contributed by atoms with E-state index < -0.39 is 4.92 Å². The molecule has 3 rings (SSSR count). The van der Waals surface area contributed by atoms with E-state index in [1.54, 1.807) is 6.07 Å². The highest BCUT2D eigenvalue weighted by molar-refractivity contribution is 6.33. The summed E-state index contributed by atoms with van der Waals surface area (Å²) >= 11 is 6.06. The number of benzene rings is 2. The molecule has 0 aliphatic heterocycles. The van der Waals surface area contributed by atoms with Gasteiger partial charge in [0.25, 0.3) is 5.69 Å². The lowest BCUT2D eigenvalue weighted by atomic mass is 10.3. The first-order valence-corrected chi connectivity index (χ1v) is 7.02. The fraction of sp³-hybridized carbons (Fsp3) is 0.133. The van der Waals surface area contributed by atoms with Gasteiger partial charge in [-0.05, 0) is 18.2 Å². The summed E-state index contributed by atoms with van der Waals surface area (Å²) in [4.78, 5) is 14.8. The first kappa shape index (κ1) is 14.3. The Morgan fingerprint density at radius 3 is 2.77 bits per heavy atom. The maximum atomic E-state index is 10.7. The Labute approximate surface area is 131 Å². The number of hydrogen-bond acceptors (Lipinski definition) is 4. The fourth-order valence-electron chi connectivity index (χ4n) is 2.29. The van der Waals surface area contributed by atoms with Crippen molar-refractivity contribution in [3.63, 3.8) is 0 Å². The number of nitrogens with one attached hydrogen (secondary N) is 1. The van der Waals surface area contributed by atoms with Crippen molar-refractivity contribution < 1.29 is 4.92 Å².